The van der Waals surface area contributed by atoms with Crippen molar-refractivity contribution in [1.29, 1.82) is 0 Å². The van der Waals surface area contributed by atoms with Crippen LogP contribution in [0.25, 0.3) is 11.3 Å². The van der Waals surface area contributed by atoms with Gasteiger partial charge in [0.05, 0.1) is 5.56 Å². The maximum absolute atomic E-state index is 13.9. The van der Waals surface area contributed by atoms with Gasteiger partial charge in [-0.25, -0.2) is 9.18 Å². The van der Waals surface area contributed by atoms with Gasteiger partial charge in [0.25, 0.3) is 5.91 Å². The van der Waals surface area contributed by atoms with Crippen LogP contribution in [0.2, 0.25) is 0 Å². The molecule has 3 amide bonds. The molecule has 1 aromatic heterocycles. The van der Waals surface area contributed by atoms with E-state index in [1.807, 2.05) is 18.2 Å². The summed E-state index contributed by atoms with van der Waals surface area (Å²) in [4.78, 5) is 26.4. The molecular weight excluding hydrogens is 387 g/mol. The van der Waals surface area contributed by atoms with Crippen molar-refractivity contribution in [2.75, 3.05) is 18.4 Å². The fraction of sp³-hybridized carbons (Fsp3) is 0.227. The lowest BCUT2D eigenvalue weighted by Crippen LogP contribution is -2.32. The molecule has 7 nitrogen and oxygen atoms in total. The van der Waals surface area contributed by atoms with Crippen LogP contribution in [0.1, 0.15) is 28.9 Å². The third-order valence-corrected chi connectivity index (χ3v) is 4.91. The Labute approximate surface area is 172 Å². The largest absolute Gasteiger partial charge is 0.355 e. The fourth-order valence-electron chi connectivity index (χ4n) is 3.32. The summed E-state index contributed by atoms with van der Waals surface area (Å²) in [5.41, 5.74) is 1.79. The molecule has 0 atom stereocenters. The Morgan fingerprint density at radius 1 is 1.07 bits per heavy atom. The van der Waals surface area contributed by atoms with E-state index in [0.717, 1.165) is 31.5 Å². The predicted octanol–water partition coefficient (Wildman–Crippen LogP) is 4.04. The van der Waals surface area contributed by atoms with Crippen molar-refractivity contribution >= 4 is 17.6 Å². The zero-order chi connectivity index (χ0) is 20.9. The maximum Gasteiger partial charge on any atom is 0.321 e. The van der Waals surface area contributed by atoms with Crippen LogP contribution in [-0.4, -0.2) is 35.1 Å². The second-order valence-corrected chi connectivity index (χ2v) is 7.06. The summed E-state index contributed by atoms with van der Waals surface area (Å²) in [5.74, 6) is -0.703. The van der Waals surface area contributed by atoms with Crippen molar-refractivity contribution in [3.05, 3.63) is 71.7 Å². The highest BCUT2D eigenvalue weighted by molar-refractivity contribution is 5.93. The van der Waals surface area contributed by atoms with Gasteiger partial charge in [-0.1, -0.05) is 29.4 Å². The van der Waals surface area contributed by atoms with Crippen LogP contribution in [0.5, 0.6) is 0 Å². The second-order valence-electron chi connectivity index (χ2n) is 7.06. The monoisotopic (exact) mass is 408 g/mol. The van der Waals surface area contributed by atoms with Gasteiger partial charge in [0.2, 0.25) is 0 Å². The van der Waals surface area contributed by atoms with Crippen LogP contribution in [0, 0.1) is 5.82 Å². The quantitative estimate of drug-likeness (QED) is 0.667. The van der Waals surface area contributed by atoms with Crippen LogP contribution in [-0.2, 0) is 6.54 Å². The third-order valence-electron chi connectivity index (χ3n) is 4.91. The van der Waals surface area contributed by atoms with E-state index in [2.05, 4.69) is 15.8 Å². The maximum atomic E-state index is 13.9. The first-order chi connectivity index (χ1) is 14.6. The molecule has 2 heterocycles. The summed E-state index contributed by atoms with van der Waals surface area (Å²) < 4.78 is 19.0. The number of nitrogens with zero attached hydrogens (tertiary/aromatic N) is 2. The van der Waals surface area contributed by atoms with Crippen LogP contribution < -0.4 is 10.6 Å². The van der Waals surface area contributed by atoms with Gasteiger partial charge in [0.1, 0.15) is 5.82 Å². The highest BCUT2D eigenvalue weighted by Gasteiger charge is 2.18. The molecular formula is C22H21FN4O3. The van der Waals surface area contributed by atoms with E-state index in [0.29, 0.717) is 5.69 Å². The Bertz CT molecular complexity index is 1060. The smallest absolute Gasteiger partial charge is 0.321 e. The lowest BCUT2D eigenvalue weighted by atomic mass is 10.1. The summed E-state index contributed by atoms with van der Waals surface area (Å²) in [6, 6.07) is 14.7. The standard InChI is InChI=1S/C22H21FN4O3/c23-18-9-2-1-8-17(18)20-13-19(26-30-20)21(28)24-14-15-6-5-7-16(12-15)25-22(29)27-10-3-4-11-27/h1-2,5-9,12-13H,3-4,10-11,14H2,(H,24,28)(H,25,29). The molecule has 1 saturated heterocycles. The molecule has 0 aliphatic carbocycles. The van der Waals surface area contributed by atoms with Crippen molar-refractivity contribution in [3.63, 3.8) is 0 Å². The van der Waals surface area contributed by atoms with Crippen molar-refractivity contribution in [3.8, 4) is 11.3 Å². The molecule has 1 fully saturated rings. The van der Waals surface area contributed by atoms with Crippen molar-refractivity contribution in [2.24, 2.45) is 0 Å². The van der Waals surface area contributed by atoms with Gasteiger partial charge in [-0.3, -0.25) is 4.79 Å². The highest BCUT2D eigenvalue weighted by atomic mass is 19.1. The van der Waals surface area contributed by atoms with E-state index in [1.165, 1.54) is 12.1 Å². The summed E-state index contributed by atoms with van der Waals surface area (Å²) in [7, 11) is 0. The molecule has 8 heteroatoms. The first kappa shape index (κ1) is 19.6. The van der Waals surface area contributed by atoms with Gasteiger partial charge >= 0.3 is 6.03 Å². The van der Waals surface area contributed by atoms with E-state index in [1.54, 1.807) is 29.2 Å². The highest BCUT2D eigenvalue weighted by Crippen LogP contribution is 2.23. The topological polar surface area (TPSA) is 87.5 Å². The van der Waals surface area contributed by atoms with Crippen LogP contribution in [0.4, 0.5) is 14.9 Å². The average Bonchev–Trinajstić information content (AvgIpc) is 3.45. The molecule has 30 heavy (non-hydrogen) atoms. The van der Waals surface area contributed by atoms with Gasteiger partial charge in [0, 0.05) is 31.4 Å². The first-order valence-corrected chi connectivity index (χ1v) is 9.75. The Hall–Kier alpha value is -3.68. The molecule has 4 rings (SSSR count). The van der Waals surface area contributed by atoms with E-state index in [4.69, 9.17) is 4.52 Å². The number of amides is 3. The number of urea groups is 1. The SMILES string of the molecule is O=C(NCc1cccc(NC(=O)N2CCCC2)c1)c1cc(-c2ccccc2F)on1. The normalized spacial score (nSPS) is 13.3. The minimum absolute atomic E-state index is 0.0618. The number of halogens is 1. The Balaban J connectivity index is 1.36. The zero-order valence-electron chi connectivity index (χ0n) is 16.2. The van der Waals surface area contributed by atoms with Gasteiger partial charge < -0.3 is 20.1 Å². The summed E-state index contributed by atoms with van der Waals surface area (Å²) in [6.07, 6.45) is 2.06. The lowest BCUT2D eigenvalue weighted by Gasteiger charge is -2.16. The van der Waals surface area contributed by atoms with Crippen LogP contribution >= 0.6 is 0 Å². The summed E-state index contributed by atoms with van der Waals surface area (Å²) in [5, 5.41) is 9.36. The van der Waals surface area contributed by atoms with E-state index in [-0.39, 0.29) is 29.6 Å². The van der Waals surface area contributed by atoms with E-state index in [9.17, 15) is 14.0 Å². The van der Waals surface area contributed by atoms with Crippen molar-refractivity contribution < 1.29 is 18.5 Å². The summed E-state index contributed by atoms with van der Waals surface area (Å²) >= 11 is 0. The minimum Gasteiger partial charge on any atom is -0.355 e. The number of aromatic nitrogens is 1. The molecule has 2 aromatic carbocycles. The number of carbonyl (C=O) groups excluding carboxylic acids is 2. The Kier molecular flexibility index (Phi) is 5.74. The fourth-order valence-corrected chi connectivity index (χ4v) is 3.32. The molecule has 1 aliphatic heterocycles. The molecule has 2 N–H and O–H groups in total. The van der Waals surface area contributed by atoms with Gasteiger partial charge in [0.15, 0.2) is 11.5 Å². The molecule has 0 spiro atoms. The van der Waals surface area contributed by atoms with Crippen LogP contribution in [0.15, 0.2) is 59.1 Å². The second kappa shape index (κ2) is 8.77. The molecule has 0 radical (unpaired) electrons. The van der Waals surface area contributed by atoms with Crippen molar-refractivity contribution in [2.45, 2.75) is 19.4 Å². The minimum atomic E-state index is -0.451. The number of rotatable bonds is 5. The van der Waals surface area contributed by atoms with Gasteiger partial charge in [-0.2, -0.15) is 0 Å². The van der Waals surface area contributed by atoms with E-state index < -0.39 is 11.7 Å². The number of anilines is 1. The number of likely N-dealkylation sites (tertiary alicyclic amines) is 1. The molecule has 0 bridgehead atoms. The molecule has 0 saturated carbocycles. The number of hydrogen-bond donors (Lipinski definition) is 2. The number of benzene rings is 2. The van der Waals surface area contributed by atoms with Crippen molar-refractivity contribution in [1.82, 2.24) is 15.4 Å². The van der Waals surface area contributed by atoms with Gasteiger partial charge in [-0.15, -0.1) is 0 Å². The Morgan fingerprint density at radius 3 is 2.67 bits per heavy atom. The number of nitrogens with one attached hydrogen (secondary N) is 2. The predicted molar refractivity (Wildman–Crippen MR) is 109 cm³/mol. The molecule has 0 unspecified atom stereocenters. The number of hydrogen-bond acceptors (Lipinski definition) is 4. The average molecular weight is 408 g/mol. The molecule has 1 aliphatic rings. The first-order valence-electron chi connectivity index (χ1n) is 9.75. The lowest BCUT2D eigenvalue weighted by molar-refractivity contribution is 0.0942. The Morgan fingerprint density at radius 2 is 1.87 bits per heavy atom. The number of carbonyl (C=O) groups is 2. The third kappa shape index (κ3) is 4.48. The molecule has 3 aromatic rings. The van der Waals surface area contributed by atoms with Gasteiger partial charge in [-0.05, 0) is 42.7 Å². The molecule has 154 valence electrons. The van der Waals surface area contributed by atoms with Crippen LogP contribution in [0.3, 0.4) is 0 Å². The summed E-state index contributed by atoms with van der Waals surface area (Å²) in [6.45, 7) is 1.79. The zero-order valence-corrected chi connectivity index (χ0v) is 16.2. The van der Waals surface area contributed by atoms with E-state index >= 15 is 0 Å².